The highest BCUT2D eigenvalue weighted by Crippen LogP contribution is 2.24. The molecular weight excluding hydrogens is 250 g/mol. The van der Waals surface area contributed by atoms with E-state index in [1.807, 2.05) is 29.2 Å². The average molecular weight is 271 g/mol. The summed E-state index contributed by atoms with van der Waals surface area (Å²) in [5, 5.41) is 8.14. The number of fused-ring (bicyclic) bond motifs is 1. The number of piperidine rings is 1. The number of carbonyl (C=O) groups excluding carboxylic acids is 1. The van der Waals surface area contributed by atoms with Crippen LogP contribution in [0.5, 0.6) is 0 Å². The first-order valence-electron chi connectivity index (χ1n) is 7.55. The number of benzene rings is 1. The minimum absolute atomic E-state index is 0.0839. The molecule has 1 aliphatic rings. The van der Waals surface area contributed by atoms with Gasteiger partial charge in [0.05, 0.1) is 5.52 Å². The lowest BCUT2D eigenvalue weighted by Gasteiger charge is -2.35. The molecule has 106 valence electrons. The van der Waals surface area contributed by atoms with Crippen molar-refractivity contribution in [3.63, 3.8) is 0 Å². The van der Waals surface area contributed by atoms with Crippen molar-refractivity contribution in [2.75, 3.05) is 6.54 Å². The quantitative estimate of drug-likeness (QED) is 0.930. The highest BCUT2D eigenvalue weighted by atomic mass is 16.2. The molecule has 1 fully saturated rings. The van der Waals surface area contributed by atoms with Gasteiger partial charge in [-0.1, -0.05) is 31.5 Å². The fourth-order valence-corrected chi connectivity index (χ4v) is 3.16. The van der Waals surface area contributed by atoms with Crippen LogP contribution in [0.3, 0.4) is 0 Å². The van der Waals surface area contributed by atoms with E-state index < -0.39 is 0 Å². The van der Waals surface area contributed by atoms with Crippen LogP contribution in [0.4, 0.5) is 0 Å². The van der Waals surface area contributed by atoms with Gasteiger partial charge in [-0.15, -0.1) is 0 Å². The zero-order chi connectivity index (χ0) is 13.9. The number of H-pyrrole nitrogens is 1. The van der Waals surface area contributed by atoms with Gasteiger partial charge in [0, 0.05) is 18.0 Å². The molecule has 1 unspecified atom stereocenters. The van der Waals surface area contributed by atoms with Crippen LogP contribution in [0.1, 0.15) is 49.5 Å². The van der Waals surface area contributed by atoms with Crippen LogP contribution in [0.15, 0.2) is 24.3 Å². The van der Waals surface area contributed by atoms with Crippen LogP contribution >= 0.6 is 0 Å². The van der Waals surface area contributed by atoms with Gasteiger partial charge in [-0.3, -0.25) is 9.89 Å². The molecule has 4 heteroatoms. The smallest absolute Gasteiger partial charge is 0.275 e. The van der Waals surface area contributed by atoms with Gasteiger partial charge in [0.1, 0.15) is 0 Å². The summed E-state index contributed by atoms with van der Waals surface area (Å²) in [5.74, 6) is 0.0839. The van der Waals surface area contributed by atoms with Gasteiger partial charge in [-0.25, -0.2) is 0 Å². The molecule has 2 heterocycles. The molecule has 2 aromatic rings. The number of likely N-dealkylation sites (tertiary alicyclic amines) is 1. The highest BCUT2D eigenvalue weighted by molar-refractivity contribution is 6.04. The minimum atomic E-state index is 0.0839. The Hall–Kier alpha value is -1.84. The molecule has 0 aliphatic carbocycles. The maximum absolute atomic E-state index is 12.8. The molecule has 0 bridgehead atoms. The lowest BCUT2D eigenvalue weighted by atomic mass is 9.97. The summed E-state index contributed by atoms with van der Waals surface area (Å²) in [6.45, 7) is 3.05. The normalized spacial score (nSPS) is 19.4. The van der Waals surface area contributed by atoms with Crippen LogP contribution in [-0.2, 0) is 0 Å². The summed E-state index contributed by atoms with van der Waals surface area (Å²) in [4.78, 5) is 14.8. The van der Waals surface area contributed by atoms with Crippen LogP contribution in [0, 0.1) is 0 Å². The Morgan fingerprint density at radius 1 is 1.40 bits per heavy atom. The second-order valence-electron chi connectivity index (χ2n) is 5.55. The SMILES string of the molecule is CCCC1CCCCN1C(=O)c1n[nH]c2ccccc12. The van der Waals surface area contributed by atoms with E-state index in [0.717, 1.165) is 43.1 Å². The van der Waals surface area contributed by atoms with E-state index in [4.69, 9.17) is 0 Å². The lowest BCUT2D eigenvalue weighted by molar-refractivity contribution is 0.0596. The molecule has 20 heavy (non-hydrogen) atoms. The fraction of sp³-hybridized carbons (Fsp3) is 0.500. The molecule has 1 aromatic heterocycles. The summed E-state index contributed by atoms with van der Waals surface area (Å²) in [6, 6.07) is 8.21. The third-order valence-corrected chi connectivity index (χ3v) is 4.18. The third-order valence-electron chi connectivity index (χ3n) is 4.18. The molecule has 1 amide bonds. The van der Waals surface area contributed by atoms with Crippen molar-refractivity contribution in [2.45, 2.75) is 45.1 Å². The van der Waals surface area contributed by atoms with Crippen molar-refractivity contribution in [1.29, 1.82) is 0 Å². The molecule has 1 aliphatic heterocycles. The van der Waals surface area contributed by atoms with E-state index in [1.54, 1.807) is 0 Å². The zero-order valence-electron chi connectivity index (χ0n) is 11.9. The molecule has 1 N–H and O–H groups in total. The van der Waals surface area contributed by atoms with Crippen LogP contribution < -0.4 is 0 Å². The Morgan fingerprint density at radius 3 is 3.10 bits per heavy atom. The Labute approximate surface area is 119 Å². The van der Waals surface area contributed by atoms with Crippen LogP contribution in [-0.4, -0.2) is 33.6 Å². The van der Waals surface area contributed by atoms with Gasteiger partial charge < -0.3 is 4.90 Å². The summed E-state index contributed by atoms with van der Waals surface area (Å²) < 4.78 is 0. The Balaban J connectivity index is 1.90. The fourth-order valence-electron chi connectivity index (χ4n) is 3.16. The van der Waals surface area contributed by atoms with Gasteiger partial charge in [0.25, 0.3) is 5.91 Å². The Morgan fingerprint density at radius 2 is 2.25 bits per heavy atom. The first-order chi connectivity index (χ1) is 9.81. The molecule has 1 atom stereocenters. The Kier molecular flexibility index (Phi) is 3.72. The largest absolute Gasteiger partial charge is 0.334 e. The van der Waals surface area contributed by atoms with Crippen molar-refractivity contribution >= 4 is 16.8 Å². The molecule has 4 nitrogen and oxygen atoms in total. The van der Waals surface area contributed by atoms with Gasteiger partial charge in [-0.05, 0) is 31.7 Å². The van der Waals surface area contributed by atoms with Crippen LogP contribution in [0.25, 0.3) is 10.9 Å². The average Bonchev–Trinajstić information content (AvgIpc) is 2.91. The molecule has 1 saturated heterocycles. The predicted octanol–water partition coefficient (Wildman–Crippen LogP) is 3.36. The van der Waals surface area contributed by atoms with Gasteiger partial charge >= 0.3 is 0 Å². The van der Waals surface area contributed by atoms with Crippen molar-refractivity contribution in [3.05, 3.63) is 30.0 Å². The molecule has 0 radical (unpaired) electrons. The minimum Gasteiger partial charge on any atom is -0.334 e. The number of aromatic nitrogens is 2. The number of nitrogens with zero attached hydrogens (tertiary/aromatic N) is 2. The van der Waals surface area contributed by atoms with E-state index in [2.05, 4.69) is 17.1 Å². The molecule has 0 saturated carbocycles. The van der Waals surface area contributed by atoms with E-state index in [1.165, 1.54) is 6.42 Å². The van der Waals surface area contributed by atoms with E-state index in [0.29, 0.717) is 11.7 Å². The number of para-hydroxylation sites is 1. The predicted molar refractivity (Wildman–Crippen MR) is 79.7 cm³/mol. The van der Waals surface area contributed by atoms with Crippen LogP contribution in [0.2, 0.25) is 0 Å². The maximum atomic E-state index is 12.8. The second-order valence-corrected chi connectivity index (χ2v) is 5.55. The van der Waals surface area contributed by atoms with Gasteiger partial charge in [0.2, 0.25) is 0 Å². The van der Waals surface area contributed by atoms with Crippen molar-refractivity contribution in [2.24, 2.45) is 0 Å². The van der Waals surface area contributed by atoms with Gasteiger partial charge in [0.15, 0.2) is 5.69 Å². The highest BCUT2D eigenvalue weighted by Gasteiger charge is 2.28. The molecular formula is C16H21N3O. The lowest BCUT2D eigenvalue weighted by Crippen LogP contribution is -2.43. The van der Waals surface area contributed by atoms with Crippen molar-refractivity contribution < 1.29 is 4.79 Å². The van der Waals surface area contributed by atoms with Gasteiger partial charge in [-0.2, -0.15) is 5.10 Å². The third kappa shape index (κ3) is 2.30. The molecule has 3 rings (SSSR count). The number of hydrogen-bond acceptors (Lipinski definition) is 2. The first kappa shape index (κ1) is 13.2. The van der Waals surface area contributed by atoms with E-state index in [-0.39, 0.29) is 5.91 Å². The summed E-state index contributed by atoms with van der Waals surface area (Å²) in [7, 11) is 0. The number of aromatic amines is 1. The standard InChI is InChI=1S/C16H21N3O/c1-2-7-12-8-5-6-11-19(12)16(20)15-13-9-3-4-10-14(13)17-18-15/h3-4,9-10,12H,2,5-8,11H2,1H3,(H,17,18). The topological polar surface area (TPSA) is 49.0 Å². The number of amides is 1. The Bertz CT molecular complexity index is 603. The van der Waals surface area contributed by atoms with E-state index >= 15 is 0 Å². The van der Waals surface area contributed by atoms with Crippen molar-refractivity contribution in [3.8, 4) is 0 Å². The number of rotatable bonds is 3. The summed E-state index contributed by atoms with van der Waals surface area (Å²) in [6.07, 6.45) is 5.68. The maximum Gasteiger partial charge on any atom is 0.275 e. The van der Waals surface area contributed by atoms with E-state index in [9.17, 15) is 4.79 Å². The van der Waals surface area contributed by atoms with Crippen molar-refractivity contribution in [1.82, 2.24) is 15.1 Å². The first-order valence-corrected chi connectivity index (χ1v) is 7.55. The summed E-state index contributed by atoms with van der Waals surface area (Å²) >= 11 is 0. The second kappa shape index (κ2) is 5.65. The number of nitrogens with one attached hydrogen (secondary N) is 1. The molecule has 1 aromatic carbocycles. The monoisotopic (exact) mass is 271 g/mol. The number of hydrogen-bond donors (Lipinski definition) is 1. The summed E-state index contributed by atoms with van der Waals surface area (Å²) in [5.41, 5.74) is 1.50. The zero-order valence-corrected chi connectivity index (χ0v) is 11.9. The molecule has 0 spiro atoms. The number of carbonyl (C=O) groups is 1.